The molecule has 1 N–H and O–H groups in total. The highest BCUT2D eigenvalue weighted by molar-refractivity contribution is 5.76. The zero-order valence-electron chi connectivity index (χ0n) is 17.0. The molecule has 4 nitrogen and oxygen atoms in total. The fourth-order valence-corrected chi connectivity index (χ4v) is 2.92. The van der Waals surface area contributed by atoms with E-state index in [1.54, 1.807) is 0 Å². The minimum absolute atomic E-state index is 0.0106. The average molecular weight is 369 g/mol. The second-order valence-corrected chi connectivity index (χ2v) is 6.85. The molecule has 0 aromatic heterocycles. The van der Waals surface area contributed by atoms with Gasteiger partial charge in [-0.2, -0.15) is 0 Å². The quantitative estimate of drug-likeness (QED) is 0.682. The Labute approximate surface area is 163 Å². The summed E-state index contributed by atoms with van der Waals surface area (Å²) in [6, 6.07) is 14.3. The van der Waals surface area contributed by atoms with E-state index in [0.717, 1.165) is 25.4 Å². The number of carbonyl (C=O) groups excluding carboxylic acids is 1. The van der Waals surface area contributed by atoms with Gasteiger partial charge in [0.25, 0.3) is 0 Å². The van der Waals surface area contributed by atoms with Crippen LogP contribution in [-0.4, -0.2) is 30.5 Å². The van der Waals surface area contributed by atoms with Crippen LogP contribution in [0.5, 0.6) is 5.75 Å². The van der Waals surface area contributed by atoms with Gasteiger partial charge in [-0.3, -0.25) is 9.69 Å². The van der Waals surface area contributed by atoms with Gasteiger partial charge in [0.1, 0.15) is 5.75 Å². The van der Waals surface area contributed by atoms with Crippen molar-refractivity contribution in [2.45, 2.75) is 47.2 Å². The molecule has 0 aliphatic heterocycles. The molecule has 146 valence electrons. The number of nitrogens with zero attached hydrogens (tertiary/aromatic N) is 1. The van der Waals surface area contributed by atoms with E-state index >= 15 is 0 Å². The van der Waals surface area contributed by atoms with Crippen LogP contribution in [0.25, 0.3) is 0 Å². The van der Waals surface area contributed by atoms with E-state index in [-0.39, 0.29) is 5.91 Å². The molecule has 0 atom stereocenters. The predicted molar refractivity (Wildman–Crippen MR) is 111 cm³/mol. The summed E-state index contributed by atoms with van der Waals surface area (Å²) in [6.07, 6.45) is 0.352. The fraction of sp³-hybridized carbons (Fsp3) is 0.435. The lowest BCUT2D eigenvalue weighted by Gasteiger charge is -2.20. The largest absolute Gasteiger partial charge is 0.493 e. The van der Waals surface area contributed by atoms with Gasteiger partial charge in [0.15, 0.2) is 0 Å². The number of ether oxygens (including phenoxy) is 1. The van der Waals surface area contributed by atoms with Crippen LogP contribution in [-0.2, 0) is 17.9 Å². The zero-order chi connectivity index (χ0) is 19.6. The Morgan fingerprint density at radius 3 is 2.37 bits per heavy atom. The number of hydrogen-bond acceptors (Lipinski definition) is 3. The molecule has 2 rings (SSSR count). The van der Waals surface area contributed by atoms with Crippen molar-refractivity contribution in [3.05, 3.63) is 64.7 Å². The number of hydrogen-bond donors (Lipinski definition) is 1. The lowest BCUT2D eigenvalue weighted by molar-refractivity contribution is -0.121. The SMILES string of the molecule is CCN(CC)Cc1ccccc1CNC(=O)CCOc1ccc(C)c(C)c1. The first kappa shape index (κ1) is 21.0. The normalized spacial score (nSPS) is 10.9. The second-order valence-electron chi connectivity index (χ2n) is 6.85. The monoisotopic (exact) mass is 368 g/mol. The molecule has 0 heterocycles. The molecule has 2 aromatic carbocycles. The van der Waals surface area contributed by atoms with Gasteiger partial charge in [-0.05, 0) is 61.3 Å². The van der Waals surface area contributed by atoms with Gasteiger partial charge in [-0.25, -0.2) is 0 Å². The maximum atomic E-state index is 12.2. The molecule has 0 aliphatic carbocycles. The Kier molecular flexibility index (Phi) is 8.34. The molecule has 4 heteroatoms. The topological polar surface area (TPSA) is 41.6 Å². The van der Waals surface area contributed by atoms with Crippen LogP contribution in [0.3, 0.4) is 0 Å². The van der Waals surface area contributed by atoms with Crippen molar-refractivity contribution in [3.63, 3.8) is 0 Å². The lowest BCUT2D eigenvalue weighted by atomic mass is 10.1. The standard InChI is InChI=1S/C23H32N2O2/c1-5-25(6-2)17-21-10-8-7-9-20(21)16-24-23(26)13-14-27-22-12-11-18(3)19(4)15-22/h7-12,15H,5-6,13-14,16-17H2,1-4H3,(H,24,26). The minimum Gasteiger partial charge on any atom is -0.493 e. The van der Waals surface area contributed by atoms with Gasteiger partial charge in [-0.1, -0.05) is 44.2 Å². The summed E-state index contributed by atoms with van der Waals surface area (Å²) < 4.78 is 5.70. The Morgan fingerprint density at radius 1 is 1.00 bits per heavy atom. The Bertz CT molecular complexity index is 739. The van der Waals surface area contributed by atoms with Crippen LogP contribution in [0, 0.1) is 13.8 Å². The van der Waals surface area contributed by atoms with Crippen LogP contribution in [0.15, 0.2) is 42.5 Å². The highest BCUT2D eigenvalue weighted by Gasteiger charge is 2.08. The van der Waals surface area contributed by atoms with Crippen LogP contribution in [0.2, 0.25) is 0 Å². The van der Waals surface area contributed by atoms with Crippen LogP contribution < -0.4 is 10.1 Å². The summed E-state index contributed by atoms with van der Waals surface area (Å²) in [6.45, 7) is 12.4. The molecule has 0 unspecified atom stereocenters. The smallest absolute Gasteiger partial charge is 0.223 e. The third-order valence-corrected chi connectivity index (χ3v) is 4.96. The van der Waals surface area contributed by atoms with E-state index in [4.69, 9.17) is 4.74 Å². The number of benzene rings is 2. The number of amides is 1. The molecule has 0 fully saturated rings. The first-order valence-electron chi connectivity index (χ1n) is 9.79. The van der Waals surface area contributed by atoms with E-state index < -0.39 is 0 Å². The van der Waals surface area contributed by atoms with Crippen molar-refractivity contribution in [1.82, 2.24) is 10.2 Å². The molecule has 0 radical (unpaired) electrons. The number of rotatable bonds is 10. The molecule has 0 saturated heterocycles. The summed E-state index contributed by atoms with van der Waals surface area (Å²) >= 11 is 0. The number of aryl methyl sites for hydroxylation is 2. The Morgan fingerprint density at radius 2 is 1.70 bits per heavy atom. The van der Waals surface area contributed by atoms with Gasteiger partial charge in [0.2, 0.25) is 5.91 Å². The van der Waals surface area contributed by atoms with E-state index in [9.17, 15) is 4.79 Å². The van der Waals surface area contributed by atoms with Gasteiger partial charge < -0.3 is 10.1 Å². The molecular formula is C23H32N2O2. The highest BCUT2D eigenvalue weighted by Crippen LogP contribution is 2.16. The Balaban J connectivity index is 1.80. The summed E-state index contributed by atoms with van der Waals surface area (Å²) in [5.41, 5.74) is 4.88. The summed E-state index contributed by atoms with van der Waals surface area (Å²) in [7, 11) is 0. The summed E-state index contributed by atoms with van der Waals surface area (Å²) in [5.74, 6) is 0.826. The molecule has 0 bridgehead atoms. The van der Waals surface area contributed by atoms with Crippen LogP contribution in [0.1, 0.15) is 42.5 Å². The third kappa shape index (κ3) is 6.72. The predicted octanol–water partition coefficient (Wildman–Crippen LogP) is 4.23. The van der Waals surface area contributed by atoms with Crippen molar-refractivity contribution in [2.24, 2.45) is 0 Å². The maximum Gasteiger partial charge on any atom is 0.223 e. The second kappa shape index (κ2) is 10.7. The molecule has 27 heavy (non-hydrogen) atoms. The molecule has 0 aliphatic rings. The number of nitrogens with one attached hydrogen (secondary N) is 1. The maximum absolute atomic E-state index is 12.2. The molecular weight excluding hydrogens is 336 g/mol. The highest BCUT2D eigenvalue weighted by atomic mass is 16.5. The molecule has 0 spiro atoms. The van der Waals surface area contributed by atoms with Gasteiger partial charge in [-0.15, -0.1) is 0 Å². The average Bonchev–Trinajstić information content (AvgIpc) is 2.68. The van der Waals surface area contributed by atoms with Gasteiger partial charge in [0.05, 0.1) is 13.0 Å². The van der Waals surface area contributed by atoms with Crippen LogP contribution in [0.4, 0.5) is 0 Å². The van der Waals surface area contributed by atoms with E-state index in [2.05, 4.69) is 56.1 Å². The first-order valence-corrected chi connectivity index (χ1v) is 9.79. The van der Waals surface area contributed by atoms with Crippen molar-refractivity contribution in [3.8, 4) is 5.75 Å². The van der Waals surface area contributed by atoms with Crippen molar-refractivity contribution >= 4 is 5.91 Å². The van der Waals surface area contributed by atoms with E-state index in [1.807, 2.05) is 24.3 Å². The van der Waals surface area contributed by atoms with Crippen LogP contribution >= 0.6 is 0 Å². The van der Waals surface area contributed by atoms with Gasteiger partial charge >= 0.3 is 0 Å². The third-order valence-electron chi connectivity index (χ3n) is 4.96. The van der Waals surface area contributed by atoms with Crippen molar-refractivity contribution < 1.29 is 9.53 Å². The minimum atomic E-state index is 0.0106. The van der Waals surface area contributed by atoms with E-state index in [1.165, 1.54) is 22.3 Å². The molecule has 1 amide bonds. The molecule has 2 aromatic rings. The lowest BCUT2D eigenvalue weighted by Crippen LogP contribution is -2.26. The van der Waals surface area contributed by atoms with Crippen molar-refractivity contribution in [2.75, 3.05) is 19.7 Å². The summed E-state index contributed by atoms with van der Waals surface area (Å²) in [5, 5.41) is 3.02. The Hall–Kier alpha value is -2.33. The first-order chi connectivity index (χ1) is 13.0. The van der Waals surface area contributed by atoms with Gasteiger partial charge in [0, 0.05) is 13.1 Å². The fourth-order valence-electron chi connectivity index (χ4n) is 2.92. The van der Waals surface area contributed by atoms with E-state index in [0.29, 0.717) is 19.6 Å². The number of carbonyl (C=O) groups is 1. The summed E-state index contributed by atoms with van der Waals surface area (Å²) in [4.78, 5) is 14.5. The molecule has 0 saturated carbocycles. The van der Waals surface area contributed by atoms with Crippen molar-refractivity contribution in [1.29, 1.82) is 0 Å². The zero-order valence-corrected chi connectivity index (χ0v) is 17.0.